The highest BCUT2D eigenvalue weighted by Gasteiger charge is 2.12. The molecule has 0 saturated heterocycles. The van der Waals surface area contributed by atoms with Crippen molar-refractivity contribution < 1.29 is 9.84 Å². The Morgan fingerprint density at radius 2 is 1.90 bits per heavy atom. The molecule has 4 heteroatoms. The number of para-hydroxylation sites is 1. The number of nitrogens with zero attached hydrogens (tertiary/aromatic N) is 1. The summed E-state index contributed by atoms with van der Waals surface area (Å²) in [5.74, 6) is 0.634. The van der Waals surface area contributed by atoms with Crippen LogP contribution >= 0.6 is 11.6 Å². The highest BCUT2D eigenvalue weighted by Crippen LogP contribution is 2.24. The number of benzene rings is 2. The Morgan fingerprint density at radius 1 is 1.10 bits per heavy atom. The third kappa shape index (κ3) is 3.15. The lowest BCUT2D eigenvalue weighted by Crippen LogP contribution is -2.10. The van der Waals surface area contributed by atoms with E-state index < -0.39 is 6.10 Å². The quantitative estimate of drug-likeness (QED) is 0.792. The fourth-order valence-electron chi connectivity index (χ4n) is 2.22. The largest absolute Gasteiger partial charge is 0.490 e. The minimum atomic E-state index is -0.748. The van der Waals surface area contributed by atoms with E-state index in [1.807, 2.05) is 36.4 Å². The van der Waals surface area contributed by atoms with Crippen LogP contribution in [0.1, 0.15) is 11.7 Å². The van der Waals surface area contributed by atoms with Gasteiger partial charge in [-0.25, -0.2) is 0 Å². The van der Waals surface area contributed by atoms with Gasteiger partial charge in [-0.3, -0.25) is 4.98 Å². The Bertz CT molecular complexity index is 755. The van der Waals surface area contributed by atoms with Crippen molar-refractivity contribution in [3.63, 3.8) is 0 Å². The summed E-state index contributed by atoms with van der Waals surface area (Å²) in [7, 11) is 0. The number of rotatable bonds is 4. The van der Waals surface area contributed by atoms with Gasteiger partial charge in [0.1, 0.15) is 18.5 Å². The monoisotopic (exact) mass is 299 g/mol. The summed E-state index contributed by atoms with van der Waals surface area (Å²) in [6.45, 7) is 0.149. The van der Waals surface area contributed by atoms with Crippen molar-refractivity contribution in [3.8, 4) is 5.75 Å². The van der Waals surface area contributed by atoms with Crippen molar-refractivity contribution in [2.24, 2.45) is 0 Å². The standard InChI is InChI=1S/C17H14ClNO2/c18-13-6-2-7-14(10-13)21-11-16(20)15-8-1-4-12-5-3-9-19-17(12)15/h1-10,16,20H,11H2. The van der Waals surface area contributed by atoms with E-state index in [9.17, 15) is 5.11 Å². The summed E-state index contributed by atoms with van der Waals surface area (Å²) in [4.78, 5) is 4.33. The minimum Gasteiger partial charge on any atom is -0.490 e. The molecule has 0 aliphatic rings. The average Bonchev–Trinajstić information content (AvgIpc) is 2.52. The molecule has 0 bridgehead atoms. The molecule has 0 saturated carbocycles. The molecule has 106 valence electrons. The number of fused-ring (bicyclic) bond motifs is 1. The zero-order valence-corrected chi connectivity index (χ0v) is 12.0. The molecule has 3 nitrogen and oxygen atoms in total. The van der Waals surface area contributed by atoms with Crippen molar-refractivity contribution in [3.05, 3.63) is 71.4 Å². The number of aromatic nitrogens is 1. The van der Waals surface area contributed by atoms with Gasteiger partial charge < -0.3 is 9.84 Å². The van der Waals surface area contributed by atoms with Gasteiger partial charge in [-0.1, -0.05) is 41.9 Å². The molecule has 1 N–H and O–H groups in total. The summed E-state index contributed by atoms with van der Waals surface area (Å²) in [5.41, 5.74) is 1.55. The second-order valence-corrected chi connectivity index (χ2v) is 5.14. The van der Waals surface area contributed by atoms with Crippen LogP contribution in [0.15, 0.2) is 60.8 Å². The summed E-state index contributed by atoms with van der Waals surface area (Å²) in [5, 5.41) is 12.0. The lowest BCUT2D eigenvalue weighted by molar-refractivity contribution is 0.109. The van der Waals surface area contributed by atoms with Crippen LogP contribution in [-0.4, -0.2) is 16.7 Å². The van der Waals surface area contributed by atoms with E-state index in [1.54, 1.807) is 24.4 Å². The molecular formula is C17H14ClNO2. The van der Waals surface area contributed by atoms with Crippen molar-refractivity contribution in [1.29, 1.82) is 0 Å². The van der Waals surface area contributed by atoms with Crippen LogP contribution in [0.25, 0.3) is 10.9 Å². The first-order valence-electron chi connectivity index (χ1n) is 6.64. The predicted molar refractivity (Wildman–Crippen MR) is 83.6 cm³/mol. The van der Waals surface area contributed by atoms with Gasteiger partial charge in [0.2, 0.25) is 0 Å². The van der Waals surface area contributed by atoms with Gasteiger partial charge in [0.15, 0.2) is 0 Å². The first kappa shape index (κ1) is 13.9. The maximum Gasteiger partial charge on any atom is 0.120 e. The molecule has 21 heavy (non-hydrogen) atoms. The van der Waals surface area contributed by atoms with Crippen LogP contribution < -0.4 is 4.74 Å². The topological polar surface area (TPSA) is 42.4 Å². The number of hydrogen-bond acceptors (Lipinski definition) is 3. The second kappa shape index (κ2) is 6.12. The van der Waals surface area contributed by atoms with E-state index in [2.05, 4.69) is 4.98 Å². The predicted octanol–water partition coefficient (Wildman–Crippen LogP) is 4.00. The van der Waals surface area contributed by atoms with Crippen LogP contribution in [0.3, 0.4) is 0 Å². The molecular weight excluding hydrogens is 286 g/mol. The molecule has 1 unspecified atom stereocenters. The van der Waals surface area contributed by atoms with Crippen LogP contribution in [-0.2, 0) is 0 Å². The minimum absolute atomic E-state index is 0.149. The lowest BCUT2D eigenvalue weighted by Gasteiger charge is -2.14. The number of pyridine rings is 1. The Morgan fingerprint density at radius 3 is 2.76 bits per heavy atom. The molecule has 1 aromatic heterocycles. The molecule has 1 atom stereocenters. The van der Waals surface area contributed by atoms with Gasteiger partial charge in [-0.2, -0.15) is 0 Å². The molecule has 0 radical (unpaired) electrons. The first-order valence-corrected chi connectivity index (χ1v) is 7.02. The fourth-order valence-corrected chi connectivity index (χ4v) is 2.40. The number of halogens is 1. The molecule has 0 aliphatic heterocycles. The third-order valence-corrected chi connectivity index (χ3v) is 3.46. The molecule has 0 spiro atoms. The van der Waals surface area contributed by atoms with Gasteiger partial charge in [0.25, 0.3) is 0 Å². The van der Waals surface area contributed by atoms with E-state index in [0.29, 0.717) is 10.8 Å². The average molecular weight is 300 g/mol. The van der Waals surface area contributed by atoms with Gasteiger partial charge in [0.05, 0.1) is 5.52 Å². The van der Waals surface area contributed by atoms with Crippen LogP contribution in [0.4, 0.5) is 0 Å². The number of ether oxygens (including phenoxy) is 1. The van der Waals surface area contributed by atoms with Crippen molar-refractivity contribution in [1.82, 2.24) is 4.98 Å². The molecule has 0 fully saturated rings. The Hall–Kier alpha value is -2.10. The highest BCUT2D eigenvalue weighted by atomic mass is 35.5. The van der Waals surface area contributed by atoms with Crippen LogP contribution in [0.2, 0.25) is 5.02 Å². The van der Waals surface area contributed by atoms with Crippen molar-refractivity contribution in [2.75, 3.05) is 6.61 Å². The van der Waals surface area contributed by atoms with Gasteiger partial charge >= 0.3 is 0 Å². The number of hydrogen-bond donors (Lipinski definition) is 1. The zero-order chi connectivity index (χ0) is 14.7. The zero-order valence-electron chi connectivity index (χ0n) is 11.2. The molecule has 0 amide bonds. The maximum absolute atomic E-state index is 10.4. The molecule has 0 aliphatic carbocycles. The fraction of sp³-hybridized carbons (Fsp3) is 0.118. The summed E-state index contributed by atoms with van der Waals surface area (Å²) in [6.07, 6.45) is 0.971. The van der Waals surface area contributed by atoms with E-state index >= 15 is 0 Å². The smallest absolute Gasteiger partial charge is 0.120 e. The second-order valence-electron chi connectivity index (χ2n) is 4.71. The van der Waals surface area contributed by atoms with Crippen LogP contribution in [0, 0.1) is 0 Å². The van der Waals surface area contributed by atoms with E-state index in [0.717, 1.165) is 16.5 Å². The molecule has 3 rings (SSSR count). The molecule has 1 heterocycles. The van der Waals surface area contributed by atoms with Gasteiger partial charge in [0, 0.05) is 22.2 Å². The summed E-state index contributed by atoms with van der Waals surface area (Å²) in [6, 6.07) is 16.7. The number of aliphatic hydroxyl groups is 1. The summed E-state index contributed by atoms with van der Waals surface area (Å²) < 4.78 is 5.59. The normalized spacial score (nSPS) is 12.3. The molecule has 2 aromatic carbocycles. The van der Waals surface area contributed by atoms with Gasteiger partial charge in [-0.15, -0.1) is 0 Å². The van der Waals surface area contributed by atoms with Crippen molar-refractivity contribution >= 4 is 22.5 Å². The van der Waals surface area contributed by atoms with Crippen LogP contribution in [0.5, 0.6) is 5.75 Å². The Kier molecular flexibility index (Phi) is 4.04. The highest BCUT2D eigenvalue weighted by molar-refractivity contribution is 6.30. The van der Waals surface area contributed by atoms with E-state index in [4.69, 9.17) is 16.3 Å². The van der Waals surface area contributed by atoms with Crippen molar-refractivity contribution in [2.45, 2.75) is 6.10 Å². The van der Waals surface area contributed by atoms with E-state index in [-0.39, 0.29) is 6.61 Å². The Balaban J connectivity index is 1.79. The number of aliphatic hydroxyl groups excluding tert-OH is 1. The first-order chi connectivity index (χ1) is 10.2. The molecule has 3 aromatic rings. The van der Waals surface area contributed by atoms with Gasteiger partial charge in [-0.05, 0) is 24.3 Å². The SMILES string of the molecule is OC(COc1cccc(Cl)c1)c1cccc2cccnc12. The third-order valence-electron chi connectivity index (χ3n) is 3.23. The lowest BCUT2D eigenvalue weighted by atomic mass is 10.1. The van der Waals surface area contributed by atoms with E-state index in [1.165, 1.54) is 0 Å². The maximum atomic E-state index is 10.4. The Labute approximate surface area is 127 Å². The summed E-state index contributed by atoms with van der Waals surface area (Å²) >= 11 is 5.90.